The first-order valence-corrected chi connectivity index (χ1v) is 5.57. The fourth-order valence-corrected chi connectivity index (χ4v) is 2.37. The molecule has 1 aliphatic carbocycles. The van der Waals surface area contributed by atoms with Crippen LogP contribution in [0, 0.1) is 0 Å². The summed E-state index contributed by atoms with van der Waals surface area (Å²) in [5, 5.41) is 29.0. The number of anilines is 1. The standard InChI is InChI=1S/C10H13N5O3/c11-9-6-10(13-2-12-9)15(3-14-6)4-1-5(16)8(18)7(4)17/h2-5,7-8,16-18H,1H2,(H2,11,12,13)/t4-,5+,7?,8?/m1/s1. The van der Waals surface area contributed by atoms with Crippen LogP contribution >= 0.6 is 0 Å². The molecule has 18 heavy (non-hydrogen) atoms. The summed E-state index contributed by atoms with van der Waals surface area (Å²) >= 11 is 0. The Morgan fingerprint density at radius 3 is 2.61 bits per heavy atom. The Labute approximate surface area is 102 Å². The number of aliphatic hydroxyl groups excluding tert-OH is 3. The van der Waals surface area contributed by atoms with Crippen LogP contribution in [0.1, 0.15) is 12.5 Å². The third-order valence-electron chi connectivity index (χ3n) is 3.37. The first kappa shape index (κ1) is 11.3. The first-order chi connectivity index (χ1) is 8.59. The van der Waals surface area contributed by atoms with E-state index in [-0.39, 0.29) is 12.2 Å². The summed E-state index contributed by atoms with van der Waals surface area (Å²) in [5.74, 6) is 0.257. The Kier molecular flexibility index (Phi) is 2.44. The molecule has 1 fully saturated rings. The van der Waals surface area contributed by atoms with Crippen molar-refractivity contribution in [3.63, 3.8) is 0 Å². The Morgan fingerprint density at radius 2 is 1.94 bits per heavy atom. The van der Waals surface area contributed by atoms with Crippen molar-refractivity contribution in [2.45, 2.75) is 30.8 Å². The van der Waals surface area contributed by atoms with Crippen LogP contribution in [0.4, 0.5) is 5.82 Å². The molecule has 2 aromatic heterocycles. The molecule has 2 heterocycles. The van der Waals surface area contributed by atoms with Gasteiger partial charge in [-0.1, -0.05) is 0 Å². The molecular formula is C10H13N5O3. The van der Waals surface area contributed by atoms with Gasteiger partial charge in [-0.25, -0.2) is 15.0 Å². The van der Waals surface area contributed by atoms with Crippen molar-refractivity contribution in [3.05, 3.63) is 12.7 Å². The number of fused-ring (bicyclic) bond motifs is 1. The molecule has 0 aliphatic heterocycles. The Morgan fingerprint density at radius 1 is 1.17 bits per heavy atom. The van der Waals surface area contributed by atoms with Gasteiger partial charge in [0.15, 0.2) is 11.5 Å². The second kappa shape index (κ2) is 3.87. The fraction of sp³-hybridized carbons (Fsp3) is 0.500. The van der Waals surface area contributed by atoms with Gasteiger partial charge in [0.1, 0.15) is 24.1 Å². The quantitative estimate of drug-likeness (QED) is 0.482. The van der Waals surface area contributed by atoms with Crippen molar-refractivity contribution in [1.82, 2.24) is 19.5 Å². The molecule has 8 nitrogen and oxygen atoms in total. The van der Waals surface area contributed by atoms with Gasteiger partial charge in [0.25, 0.3) is 0 Å². The van der Waals surface area contributed by atoms with Gasteiger partial charge in [-0.15, -0.1) is 0 Å². The van der Waals surface area contributed by atoms with Gasteiger partial charge >= 0.3 is 0 Å². The number of rotatable bonds is 1. The molecule has 0 bridgehead atoms. The maximum Gasteiger partial charge on any atom is 0.165 e. The predicted molar refractivity (Wildman–Crippen MR) is 61.4 cm³/mol. The number of aromatic nitrogens is 4. The molecule has 1 saturated carbocycles. The number of nitrogens with two attached hydrogens (primary N) is 1. The van der Waals surface area contributed by atoms with Gasteiger partial charge in [-0.2, -0.15) is 0 Å². The monoisotopic (exact) mass is 251 g/mol. The van der Waals surface area contributed by atoms with E-state index in [9.17, 15) is 15.3 Å². The Bertz CT molecular complexity index is 586. The Balaban J connectivity index is 2.08. The molecule has 4 atom stereocenters. The second-order valence-corrected chi connectivity index (χ2v) is 4.43. The average molecular weight is 251 g/mol. The van der Waals surface area contributed by atoms with Crippen molar-refractivity contribution in [3.8, 4) is 0 Å². The topological polar surface area (TPSA) is 130 Å². The van der Waals surface area contributed by atoms with Crippen molar-refractivity contribution < 1.29 is 15.3 Å². The van der Waals surface area contributed by atoms with E-state index in [1.807, 2.05) is 0 Å². The van der Waals surface area contributed by atoms with E-state index in [4.69, 9.17) is 5.73 Å². The molecule has 2 unspecified atom stereocenters. The van der Waals surface area contributed by atoms with Crippen LogP contribution < -0.4 is 5.73 Å². The van der Waals surface area contributed by atoms with Crippen LogP contribution in [0.5, 0.6) is 0 Å². The molecule has 2 aromatic rings. The second-order valence-electron chi connectivity index (χ2n) is 4.43. The summed E-state index contributed by atoms with van der Waals surface area (Å²) in [5.41, 5.74) is 6.59. The predicted octanol–water partition coefficient (Wildman–Crippen LogP) is -1.56. The zero-order chi connectivity index (χ0) is 12.9. The lowest BCUT2D eigenvalue weighted by molar-refractivity contribution is -0.0244. The molecular weight excluding hydrogens is 238 g/mol. The molecule has 1 aliphatic rings. The van der Waals surface area contributed by atoms with Gasteiger partial charge in [0, 0.05) is 0 Å². The van der Waals surface area contributed by atoms with E-state index in [2.05, 4.69) is 15.0 Å². The highest BCUT2D eigenvalue weighted by Gasteiger charge is 2.42. The molecule has 0 amide bonds. The van der Waals surface area contributed by atoms with Crippen LogP contribution in [0.3, 0.4) is 0 Å². The summed E-state index contributed by atoms with van der Waals surface area (Å²) < 4.78 is 1.61. The van der Waals surface area contributed by atoms with Gasteiger partial charge in [-0.3, -0.25) is 0 Å². The maximum absolute atomic E-state index is 9.90. The summed E-state index contributed by atoms with van der Waals surface area (Å²) in [4.78, 5) is 12.0. The lowest BCUT2D eigenvalue weighted by Crippen LogP contribution is -2.31. The van der Waals surface area contributed by atoms with Gasteiger partial charge < -0.3 is 25.6 Å². The van der Waals surface area contributed by atoms with E-state index in [0.29, 0.717) is 11.2 Å². The SMILES string of the molecule is Nc1ncnc2c1ncn2[C@@H]1C[C@H](O)C(O)C1O. The third kappa shape index (κ3) is 1.47. The molecule has 0 spiro atoms. The fourth-order valence-electron chi connectivity index (χ4n) is 2.37. The van der Waals surface area contributed by atoms with Crippen LogP contribution in [0.2, 0.25) is 0 Å². The summed E-state index contributed by atoms with van der Waals surface area (Å²) in [6.07, 6.45) is -0.155. The number of nitrogens with zero attached hydrogens (tertiary/aromatic N) is 4. The zero-order valence-electron chi connectivity index (χ0n) is 9.38. The van der Waals surface area contributed by atoms with Gasteiger partial charge in [0.2, 0.25) is 0 Å². The molecule has 0 saturated heterocycles. The minimum Gasteiger partial charge on any atom is -0.390 e. The van der Waals surface area contributed by atoms with Gasteiger partial charge in [0.05, 0.1) is 18.5 Å². The average Bonchev–Trinajstić information content (AvgIpc) is 2.88. The van der Waals surface area contributed by atoms with Crippen LogP contribution in [-0.4, -0.2) is 53.2 Å². The largest absolute Gasteiger partial charge is 0.390 e. The molecule has 0 radical (unpaired) electrons. The molecule has 5 N–H and O–H groups in total. The number of hydrogen-bond donors (Lipinski definition) is 4. The Hall–Kier alpha value is -1.77. The number of hydrogen-bond acceptors (Lipinski definition) is 7. The minimum atomic E-state index is -1.16. The number of aliphatic hydroxyl groups is 3. The van der Waals surface area contributed by atoms with E-state index in [0.717, 1.165) is 0 Å². The molecule has 96 valence electrons. The summed E-state index contributed by atoms with van der Waals surface area (Å²) in [6, 6.07) is -0.478. The summed E-state index contributed by atoms with van der Waals surface area (Å²) in [7, 11) is 0. The van der Waals surface area contributed by atoms with Crippen molar-refractivity contribution >= 4 is 17.0 Å². The zero-order valence-corrected chi connectivity index (χ0v) is 9.38. The summed E-state index contributed by atoms with van der Waals surface area (Å²) in [6.45, 7) is 0. The van der Waals surface area contributed by atoms with Crippen LogP contribution in [-0.2, 0) is 0 Å². The lowest BCUT2D eigenvalue weighted by atomic mass is 10.2. The van der Waals surface area contributed by atoms with Gasteiger partial charge in [-0.05, 0) is 6.42 Å². The van der Waals surface area contributed by atoms with Crippen molar-refractivity contribution in [2.24, 2.45) is 0 Å². The van der Waals surface area contributed by atoms with Crippen molar-refractivity contribution in [2.75, 3.05) is 5.73 Å². The highest BCUT2D eigenvalue weighted by Crippen LogP contribution is 2.33. The minimum absolute atomic E-state index is 0.234. The highest BCUT2D eigenvalue weighted by molar-refractivity contribution is 5.81. The third-order valence-corrected chi connectivity index (χ3v) is 3.37. The highest BCUT2D eigenvalue weighted by atomic mass is 16.4. The maximum atomic E-state index is 9.90. The van der Waals surface area contributed by atoms with Crippen LogP contribution in [0.25, 0.3) is 11.2 Å². The molecule has 8 heteroatoms. The number of nitrogen functional groups attached to an aromatic ring is 1. The number of imidazole rings is 1. The van der Waals surface area contributed by atoms with Crippen molar-refractivity contribution in [1.29, 1.82) is 0 Å². The van der Waals surface area contributed by atoms with E-state index < -0.39 is 24.4 Å². The van der Waals surface area contributed by atoms with E-state index in [1.165, 1.54) is 12.7 Å². The molecule has 0 aromatic carbocycles. The lowest BCUT2D eigenvalue weighted by Gasteiger charge is -2.17. The smallest absolute Gasteiger partial charge is 0.165 e. The first-order valence-electron chi connectivity index (χ1n) is 5.57. The van der Waals surface area contributed by atoms with Crippen LogP contribution in [0.15, 0.2) is 12.7 Å². The molecule has 3 rings (SSSR count). The normalized spacial score (nSPS) is 32.2. The van der Waals surface area contributed by atoms with E-state index >= 15 is 0 Å². The van der Waals surface area contributed by atoms with E-state index in [1.54, 1.807) is 4.57 Å².